The monoisotopic (exact) mass is 399 g/mol. The predicted molar refractivity (Wildman–Crippen MR) is 107 cm³/mol. The van der Waals surface area contributed by atoms with Crippen molar-refractivity contribution in [1.29, 1.82) is 0 Å². The second-order valence-corrected chi connectivity index (χ2v) is 10.0. The molecule has 0 bridgehead atoms. The highest BCUT2D eigenvalue weighted by Crippen LogP contribution is 2.20. The van der Waals surface area contributed by atoms with E-state index in [4.69, 9.17) is 0 Å². The van der Waals surface area contributed by atoms with Crippen molar-refractivity contribution in [2.24, 2.45) is 5.92 Å². The zero-order chi connectivity index (χ0) is 19.2. The Bertz CT molecular complexity index is 699. The molecule has 1 aliphatic heterocycles. The van der Waals surface area contributed by atoms with Gasteiger partial charge in [-0.05, 0) is 25.3 Å². The lowest BCUT2D eigenvalue weighted by Gasteiger charge is -2.32. The van der Waals surface area contributed by atoms with Crippen LogP contribution < -0.4 is 5.32 Å². The standard InChI is InChI=1S/C18H29N3O3S2/c1-15-5-4-6-16(13-15)14-25-12-9-19-18(22)17-7-10-21(11-8-17)26(23,24)20(2)3/h4-6,13,17H,7-12,14H2,1-3H3,(H,19,22). The minimum Gasteiger partial charge on any atom is -0.355 e. The van der Waals surface area contributed by atoms with E-state index in [1.165, 1.54) is 33.8 Å². The summed E-state index contributed by atoms with van der Waals surface area (Å²) in [4.78, 5) is 12.3. The minimum absolute atomic E-state index is 0.0445. The average Bonchev–Trinajstić information content (AvgIpc) is 2.61. The summed E-state index contributed by atoms with van der Waals surface area (Å²) in [6, 6.07) is 8.45. The SMILES string of the molecule is Cc1cccc(CSCCNC(=O)C2CCN(S(=O)(=O)N(C)C)CC2)c1. The summed E-state index contributed by atoms with van der Waals surface area (Å²) < 4.78 is 26.9. The highest BCUT2D eigenvalue weighted by Gasteiger charge is 2.31. The van der Waals surface area contributed by atoms with Gasteiger partial charge < -0.3 is 5.32 Å². The number of nitrogens with one attached hydrogen (secondary N) is 1. The van der Waals surface area contributed by atoms with E-state index < -0.39 is 10.2 Å². The van der Waals surface area contributed by atoms with Gasteiger partial charge in [-0.3, -0.25) is 4.79 Å². The molecule has 1 fully saturated rings. The number of hydrogen-bond donors (Lipinski definition) is 1. The van der Waals surface area contributed by atoms with E-state index >= 15 is 0 Å². The first-order valence-electron chi connectivity index (χ1n) is 8.89. The quantitative estimate of drug-likeness (QED) is 0.678. The Labute approximate surface area is 161 Å². The van der Waals surface area contributed by atoms with E-state index in [1.54, 1.807) is 11.8 Å². The Hall–Kier alpha value is -1.09. The van der Waals surface area contributed by atoms with Crippen molar-refractivity contribution in [2.75, 3.05) is 39.5 Å². The number of rotatable bonds is 8. The molecule has 0 saturated carbocycles. The van der Waals surface area contributed by atoms with Crippen molar-refractivity contribution >= 4 is 27.9 Å². The highest BCUT2D eigenvalue weighted by molar-refractivity contribution is 7.98. The largest absolute Gasteiger partial charge is 0.355 e. The predicted octanol–water partition coefficient (Wildman–Crippen LogP) is 1.86. The van der Waals surface area contributed by atoms with Gasteiger partial charge in [0.25, 0.3) is 10.2 Å². The maximum Gasteiger partial charge on any atom is 0.281 e. The third-order valence-electron chi connectivity index (χ3n) is 4.51. The molecule has 1 aromatic rings. The molecule has 1 aromatic carbocycles. The molecule has 1 heterocycles. The van der Waals surface area contributed by atoms with Gasteiger partial charge in [0.1, 0.15) is 0 Å². The normalized spacial score (nSPS) is 16.8. The van der Waals surface area contributed by atoms with Crippen molar-refractivity contribution in [2.45, 2.75) is 25.5 Å². The van der Waals surface area contributed by atoms with Crippen LogP contribution in [0.25, 0.3) is 0 Å². The van der Waals surface area contributed by atoms with E-state index in [2.05, 4.69) is 36.5 Å². The number of piperidine rings is 1. The Kier molecular flexibility index (Phi) is 7.94. The van der Waals surface area contributed by atoms with Gasteiger partial charge >= 0.3 is 0 Å². The van der Waals surface area contributed by atoms with Crippen LogP contribution in [0.3, 0.4) is 0 Å². The number of aryl methyl sites for hydroxylation is 1. The van der Waals surface area contributed by atoms with Gasteiger partial charge in [-0.15, -0.1) is 0 Å². The lowest BCUT2D eigenvalue weighted by Crippen LogP contribution is -2.47. The van der Waals surface area contributed by atoms with Gasteiger partial charge in [-0.25, -0.2) is 0 Å². The fraction of sp³-hybridized carbons (Fsp3) is 0.611. The Morgan fingerprint density at radius 3 is 2.62 bits per heavy atom. The van der Waals surface area contributed by atoms with Gasteiger partial charge in [-0.1, -0.05) is 29.8 Å². The molecule has 1 amide bonds. The Morgan fingerprint density at radius 1 is 1.31 bits per heavy atom. The molecule has 0 aromatic heterocycles. The number of thioether (sulfide) groups is 1. The lowest BCUT2D eigenvalue weighted by atomic mass is 9.97. The van der Waals surface area contributed by atoms with Crippen LogP contribution in [-0.4, -0.2) is 62.4 Å². The molecule has 1 N–H and O–H groups in total. The van der Waals surface area contributed by atoms with Crippen molar-refractivity contribution in [3.8, 4) is 0 Å². The summed E-state index contributed by atoms with van der Waals surface area (Å²) in [6.45, 7) is 3.54. The summed E-state index contributed by atoms with van der Waals surface area (Å²) in [6.07, 6.45) is 1.16. The van der Waals surface area contributed by atoms with Crippen LogP contribution in [0.15, 0.2) is 24.3 Å². The minimum atomic E-state index is -3.37. The third-order valence-corrected chi connectivity index (χ3v) is 7.48. The average molecular weight is 400 g/mol. The van der Waals surface area contributed by atoms with Crippen LogP contribution in [-0.2, 0) is 20.8 Å². The Balaban J connectivity index is 1.65. The number of hydrogen-bond acceptors (Lipinski definition) is 4. The van der Waals surface area contributed by atoms with Crippen LogP contribution in [0.2, 0.25) is 0 Å². The van der Waals surface area contributed by atoms with Crippen LogP contribution >= 0.6 is 11.8 Å². The molecule has 26 heavy (non-hydrogen) atoms. The fourth-order valence-corrected chi connectivity index (χ4v) is 4.90. The van der Waals surface area contributed by atoms with Gasteiger partial charge in [-0.2, -0.15) is 28.8 Å². The molecule has 2 rings (SSSR count). The third kappa shape index (κ3) is 5.97. The van der Waals surface area contributed by atoms with Crippen molar-refractivity contribution in [1.82, 2.24) is 13.9 Å². The topological polar surface area (TPSA) is 69.7 Å². The van der Waals surface area contributed by atoms with Gasteiger partial charge in [0.2, 0.25) is 5.91 Å². The first-order chi connectivity index (χ1) is 12.3. The number of nitrogens with zero attached hydrogens (tertiary/aromatic N) is 2. The molecule has 0 spiro atoms. The first-order valence-corrected chi connectivity index (χ1v) is 11.4. The lowest BCUT2D eigenvalue weighted by molar-refractivity contribution is -0.125. The molecule has 8 heteroatoms. The molecule has 146 valence electrons. The first kappa shape index (κ1) is 21.2. The molecule has 0 radical (unpaired) electrons. The molecule has 1 saturated heterocycles. The second kappa shape index (κ2) is 9.73. The summed E-state index contributed by atoms with van der Waals surface area (Å²) in [5.74, 6) is 1.76. The van der Waals surface area contributed by atoms with E-state index in [-0.39, 0.29) is 11.8 Å². The summed E-state index contributed by atoms with van der Waals surface area (Å²) >= 11 is 1.80. The number of benzene rings is 1. The number of amides is 1. The second-order valence-electron chi connectivity index (χ2n) is 6.80. The zero-order valence-corrected chi connectivity index (χ0v) is 17.4. The smallest absolute Gasteiger partial charge is 0.281 e. The molecular weight excluding hydrogens is 370 g/mol. The van der Waals surface area contributed by atoms with Crippen LogP contribution in [0.4, 0.5) is 0 Å². The van der Waals surface area contributed by atoms with Crippen molar-refractivity contribution in [3.63, 3.8) is 0 Å². The van der Waals surface area contributed by atoms with Crippen LogP contribution in [0.5, 0.6) is 0 Å². The van der Waals surface area contributed by atoms with Crippen molar-refractivity contribution in [3.05, 3.63) is 35.4 Å². The molecule has 6 nitrogen and oxygen atoms in total. The van der Waals surface area contributed by atoms with Crippen molar-refractivity contribution < 1.29 is 13.2 Å². The summed E-state index contributed by atoms with van der Waals surface area (Å²) in [5.41, 5.74) is 2.56. The van der Waals surface area contributed by atoms with Gasteiger partial charge in [0.05, 0.1) is 0 Å². The molecule has 0 aliphatic carbocycles. The number of carbonyl (C=O) groups is 1. The molecular formula is C18H29N3O3S2. The van der Waals surface area contributed by atoms with E-state index in [1.807, 2.05) is 0 Å². The molecule has 1 aliphatic rings. The maximum atomic E-state index is 12.3. The van der Waals surface area contributed by atoms with Crippen LogP contribution in [0, 0.1) is 12.8 Å². The fourth-order valence-electron chi connectivity index (χ4n) is 2.96. The summed E-state index contributed by atoms with van der Waals surface area (Å²) in [7, 11) is -0.311. The zero-order valence-electron chi connectivity index (χ0n) is 15.8. The molecule has 0 atom stereocenters. The van der Waals surface area contributed by atoms with E-state index in [9.17, 15) is 13.2 Å². The highest BCUT2D eigenvalue weighted by atomic mass is 32.2. The number of carbonyl (C=O) groups excluding carboxylic acids is 1. The maximum absolute atomic E-state index is 12.3. The Morgan fingerprint density at radius 2 is 2.00 bits per heavy atom. The van der Waals surface area contributed by atoms with Gasteiger partial charge in [0, 0.05) is 51.2 Å². The summed E-state index contributed by atoms with van der Waals surface area (Å²) in [5, 5.41) is 2.99. The van der Waals surface area contributed by atoms with E-state index in [0.29, 0.717) is 32.5 Å². The van der Waals surface area contributed by atoms with Gasteiger partial charge in [0.15, 0.2) is 0 Å². The van der Waals surface area contributed by atoms with E-state index in [0.717, 1.165) is 11.5 Å². The molecule has 0 unspecified atom stereocenters. The van der Waals surface area contributed by atoms with Crippen LogP contribution in [0.1, 0.15) is 24.0 Å².